The van der Waals surface area contributed by atoms with Crippen molar-refractivity contribution in [2.45, 2.75) is 25.7 Å². The van der Waals surface area contributed by atoms with Gasteiger partial charge in [-0.2, -0.15) is 0 Å². The minimum atomic E-state index is -4.05. The smallest absolute Gasteiger partial charge is 0.263 e. The first-order valence-corrected chi connectivity index (χ1v) is 9.98. The van der Waals surface area contributed by atoms with Crippen molar-refractivity contribution in [3.05, 3.63) is 52.2 Å². The number of anilines is 1. The van der Waals surface area contributed by atoms with Gasteiger partial charge in [0.15, 0.2) is 0 Å². The molecule has 0 aliphatic carbocycles. The number of nitrogens with zero attached hydrogens (tertiary/aromatic N) is 2. The number of aryl methyl sites for hydroxylation is 2. The van der Waals surface area contributed by atoms with Crippen molar-refractivity contribution in [2.75, 3.05) is 4.72 Å². The van der Waals surface area contributed by atoms with Gasteiger partial charge < -0.3 is 4.57 Å². The van der Waals surface area contributed by atoms with E-state index in [1.807, 2.05) is 13.8 Å². The minimum Gasteiger partial charge on any atom is -0.345 e. The van der Waals surface area contributed by atoms with Gasteiger partial charge in [-0.3, -0.25) is 4.72 Å². The molecule has 2 aromatic heterocycles. The average molecular weight is 397 g/mol. The van der Waals surface area contributed by atoms with Crippen LogP contribution in [0.5, 0.6) is 0 Å². The molecule has 3 aromatic rings. The molecule has 0 radical (unpaired) electrons. The van der Waals surface area contributed by atoms with Crippen LogP contribution in [-0.2, 0) is 17.1 Å². The molecule has 1 aromatic carbocycles. The largest absolute Gasteiger partial charge is 0.345 e. The van der Waals surface area contributed by atoms with Gasteiger partial charge in [0.1, 0.15) is 21.5 Å². The van der Waals surface area contributed by atoms with Crippen LogP contribution in [0.1, 0.15) is 16.3 Å². The Bertz CT molecular complexity index is 1080. The molecule has 0 unspecified atom stereocenters. The monoisotopic (exact) mass is 397 g/mol. The summed E-state index contributed by atoms with van der Waals surface area (Å²) in [5.74, 6) is -1.76. The lowest BCUT2D eigenvalue weighted by molar-refractivity contribution is 0.582. The first kappa shape index (κ1) is 18.5. The number of aromatic nitrogens is 2. The van der Waals surface area contributed by atoms with Crippen LogP contribution in [0.3, 0.4) is 0 Å². The lowest BCUT2D eigenvalue weighted by atomic mass is 10.3. The van der Waals surface area contributed by atoms with E-state index in [2.05, 4.69) is 9.71 Å². The summed E-state index contributed by atoms with van der Waals surface area (Å²) in [5, 5.41) is 0.708. The summed E-state index contributed by atoms with van der Waals surface area (Å²) in [5.41, 5.74) is 1.72. The maximum Gasteiger partial charge on any atom is 0.263 e. The second kappa shape index (κ2) is 6.48. The highest BCUT2D eigenvalue weighted by Gasteiger charge is 2.24. The van der Waals surface area contributed by atoms with Gasteiger partial charge in [-0.05, 0) is 39.0 Å². The molecule has 0 spiro atoms. The fourth-order valence-corrected chi connectivity index (χ4v) is 4.83. The number of sulfonamides is 1. The van der Waals surface area contributed by atoms with Crippen LogP contribution in [0.25, 0.3) is 10.7 Å². The third kappa shape index (κ3) is 3.24. The quantitative estimate of drug-likeness (QED) is 0.719. The third-order valence-corrected chi connectivity index (χ3v) is 6.78. The molecule has 0 amide bonds. The van der Waals surface area contributed by atoms with Gasteiger partial charge in [0.2, 0.25) is 0 Å². The number of hydrogen-bond donors (Lipinski definition) is 1. The molecule has 1 N–H and O–H groups in total. The number of hydrogen-bond acceptors (Lipinski definition) is 4. The first-order chi connectivity index (χ1) is 12.1. The van der Waals surface area contributed by atoms with Gasteiger partial charge in [-0.25, -0.2) is 22.2 Å². The lowest BCUT2D eigenvalue weighted by Gasteiger charge is -2.09. The zero-order valence-electron chi connectivity index (χ0n) is 14.6. The van der Waals surface area contributed by atoms with E-state index in [1.165, 1.54) is 17.4 Å². The van der Waals surface area contributed by atoms with Gasteiger partial charge in [-0.1, -0.05) is 0 Å². The molecule has 0 fully saturated rings. The zero-order chi connectivity index (χ0) is 19.2. The van der Waals surface area contributed by atoms with Crippen LogP contribution in [0, 0.1) is 32.4 Å². The number of rotatable bonds is 4. The molecular formula is C17H17F2N3O2S2. The molecule has 0 bridgehead atoms. The SMILES string of the molecule is Cc1nc(-c2cc(S(=O)(=O)Nc3ccc(F)cc3F)c(C)n2C)sc1C. The highest BCUT2D eigenvalue weighted by Crippen LogP contribution is 2.32. The topological polar surface area (TPSA) is 64.0 Å². The van der Waals surface area contributed by atoms with Gasteiger partial charge >= 0.3 is 0 Å². The lowest BCUT2D eigenvalue weighted by Crippen LogP contribution is -2.15. The van der Waals surface area contributed by atoms with Crippen molar-refractivity contribution in [2.24, 2.45) is 7.05 Å². The number of nitrogens with one attached hydrogen (secondary N) is 1. The van der Waals surface area contributed by atoms with E-state index in [4.69, 9.17) is 0 Å². The van der Waals surface area contributed by atoms with Crippen LogP contribution in [0.4, 0.5) is 14.5 Å². The van der Waals surface area contributed by atoms with Gasteiger partial charge in [0.05, 0.1) is 17.1 Å². The maximum absolute atomic E-state index is 13.8. The Balaban J connectivity index is 2.04. The molecule has 0 aliphatic rings. The molecule has 5 nitrogen and oxygen atoms in total. The summed E-state index contributed by atoms with van der Waals surface area (Å²) >= 11 is 1.47. The molecular weight excluding hydrogens is 380 g/mol. The highest BCUT2D eigenvalue weighted by molar-refractivity contribution is 7.92. The highest BCUT2D eigenvalue weighted by atomic mass is 32.2. The van der Waals surface area contributed by atoms with E-state index >= 15 is 0 Å². The Morgan fingerprint density at radius 2 is 1.85 bits per heavy atom. The molecule has 3 rings (SSSR count). The maximum atomic E-state index is 13.8. The number of thiazole rings is 1. The molecule has 2 heterocycles. The Hall–Kier alpha value is -2.26. The standard InChI is InChI=1S/C17H17F2N3O2S2/c1-9-11(3)25-17(20-9)15-8-16(10(2)22(15)4)26(23,24)21-14-6-5-12(18)7-13(14)19/h5-8,21H,1-4H3. The molecule has 0 saturated carbocycles. The first-order valence-electron chi connectivity index (χ1n) is 7.68. The predicted molar refractivity (Wildman–Crippen MR) is 97.9 cm³/mol. The number of halogens is 2. The van der Waals surface area contributed by atoms with Crippen LogP contribution in [0.15, 0.2) is 29.2 Å². The molecule has 26 heavy (non-hydrogen) atoms. The molecule has 0 atom stereocenters. The zero-order valence-corrected chi connectivity index (χ0v) is 16.2. The average Bonchev–Trinajstić information content (AvgIpc) is 3.03. The van der Waals surface area contributed by atoms with Crippen molar-refractivity contribution in [1.82, 2.24) is 9.55 Å². The van der Waals surface area contributed by atoms with Crippen LogP contribution < -0.4 is 4.72 Å². The fraction of sp³-hybridized carbons (Fsp3) is 0.235. The summed E-state index contributed by atoms with van der Waals surface area (Å²) in [6, 6.07) is 4.18. The molecule has 0 aliphatic heterocycles. The molecule has 0 saturated heterocycles. The Labute approximate surface area is 154 Å². The van der Waals surface area contributed by atoms with Gasteiger partial charge in [0.25, 0.3) is 10.0 Å². The van der Waals surface area contributed by atoms with Crippen molar-refractivity contribution in [1.29, 1.82) is 0 Å². The van der Waals surface area contributed by atoms with Crippen LogP contribution in [0.2, 0.25) is 0 Å². The van der Waals surface area contributed by atoms with E-state index in [9.17, 15) is 17.2 Å². The summed E-state index contributed by atoms with van der Waals surface area (Å²) in [4.78, 5) is 5.53. The van der Waals surface area contributed by atoms with E-state index < -0.39 is 21.7 Å². The van der Waals surface area contributed by atoms with Gasteiger partial charge in [-0.15, -0.1) is 11.3 Å². The Kier molecular flexibility index (Phi) is 4.61. The van der Waals surface area contributed by atoms with Crippen LogP contribution in [-0.4, -0.2) is 18.0 Å². The minimum absolute atomic E-state index is 0.0178. The molecule has 9 heteroatoms. The second-order valence-electron chi connectivity index (χ2n) is 5.93. The molecule has 138 valence electrons. The summed E-state index contributed by atoms with van der Waals surface area (Å²) in [6.07, 6.45) is 0. The van der Waals surface area contributed by atoms with Crippen molar-refractivity contribution < 1.29 is 17.2 Å². The summed E-state index contributed by atoms with van der Waals surface area (Å²) in [7, 11) is -2.30. The summed E-state index contributed by atoms with van der Waals surface area (Å²) in [6.45, 7) is 5.50. The van der Waals surface area contributed by atoms with Crippen molar-refractivity contribution in [3.8, 4) is 10.7 Å². The predicted octanol–water partition coefficient (Wildman–Crippen LogP) is 4.15. The summed E-state index contributed by atoms with van der Waals surface area (Å²) < 4.78 is 56.2. The van der Waals surface area contributed by atoms with Crippen molar-refractivity contribution >= 4 is 27.0 Å². The van der Waals surface area contributed by atoms with Crippen molar-refractivity contribution in [3.63, 3.8) is 0 Å². The normalized spacial score (nSPS) is 11.8. The van der Waals surface area contributed by atoms with E-state index in [1.54, 1.807) is 18.5 Å². The van der Waals surface area contributed by atoms with E-state index in [0.717, 1.165) is 22.7 Å². The Morgan fingerprint density at radius 3 is 2.42 bits per heavy atom. The third-order valence-electron chi connectivity index (χ3n) is 4.20. The number of benzene rings is 1. The van der Waals surface area contributed by atoms with Crippen LogP contribution >= 0.6 is 11.3 Å². The van der Waals surface area contributed by atoms with E-state index in [0.29, 0.717) is 22.5 Å². The Morgan fingerprint density at radius 1 is 1.15 bits per heavy atom. The fourth-order valence-electron chi connectivity index (χ4n) is 2.50. The van der Waals surface area contributed by atoms with Gasteiger partial charge in [0, 0.05) is 23.7 Å². The second-order valence-corrected chi connectivity index (χ2v) is 8.78. The van der Waals surface area contributed by atoms with E-state index in [-0.39, 0.29) is 10.6 Å².